The lowest BCUT2D eigenvalue weighted by Crippen LogP contribution is -2.28. The number of amides is 3. The number of aromatic nitrogens is 1. The van der Waals surface area contributed by atoms with Crippen LogP contribution in [0, 0.1) is 6.92 Å². The molecule has 164 valence electrons. The molecule has 1 aliphatic rings. The third-order valence-electron chi connectivity index (χ3n) is 5.51. The topological polar surface area (TPSA) is 86.4 Å². The summed E-state index contributed by atoms with van der Waals surface area (Å²) in [6, 6.07) is 16.5. The normalized spacial score (nSPS) is 13.0. The Hall–Kier alpha value is -3.87. The van der Waals surface area contributed by atoms with Crippen molar-refractivity contribution >= 4 is 29.0 Å². The second kappa shape index (κ2) is 9.96. The van der Waals surface area contributed by atoms with Crippen LogP contribution in [-0.4, -0.2) is 30.0 Å². The smallest absolute Gasteiger partial charge is 0.323 e. The number of nitrogens with zero attached hydrogens (tertiary/aromatic N) is 2. The molecule has 0 radical (unpaired) electrons. The SMILES string of the molecule is Cc1ccccc1NC(=O)Nc1ccc(N2CCCC2)c(C(=O)NCc2cccnc2)c1. The number of hydrogen-bond donors (Lipinski definition) is 3. The summed E-state index contributed by atoms with van der Waals surface area (Å²) in [5, 5.41) is 8.67. The van der Waals surface area contributed by atoms with E-state index in [0.29, 0.717) is 17.8 Å². The van der Waals surface area contributed by atoms with Gasteiger partial charge in [-0.3, -0.25) is 9.78 Å². The maximum Gasteiger partial charge on any atom is 0.323 e. The van der Waals surface area contributed by atoms with Crippen molar-refractivity contribution < 1.29 is 9.59 Å². The lowest BCUT2D eigenvalue weighted by atomic mass is 10.1. The van der Waals surface area contributed by atoms with E-state index < -0.39 is 0 Å². The maximum absolute atomic E-state index is 13.1. The molecule has 7 nitrogen and oxygen atoms in total. The quantitative estimate of drug-likeness (QED) is 0.536. The number of aryl methyl sites for hydroxylation is 1. The van der Waals surface area contributed by atoms with Crippen molar-refractivity contribution in [2.45, 2.75) is 26.3 Å². The van der Waals surface area contributed by atoms with Crippen LogP contribution in [0.25, 0.3) is 0 Å². The highest BCUT2D eigenvalue weighted by atomic mass is 16.2. The minimum atomic E-state index is -0.352. The Labute approximate surface area is 187 Å². The Morgan fingerprint density at radius 3 is 2.56 bits per heavy atom. The maximum atomic E-state index is 13.1. The molecule has 0 saturated carbocycles. The van der Waals surface area contributed by atoms with Gasteiger partial charge in [0.2, 0.25) is 0 Å². The van der Waals surface area contributed by atoms with Crippen LogP contribution in [-0.2, 0) is 6.54 Å². The average Bonchev–Trinajstić information content (AvgIpc) is 3.34. The van der Waals surface area contributed by atoms with E-state index >= 15 is 0 Å². The molecule has 3 amide bonds. The zero-order valence-electron chi connectivity index (χ0n) is 18.1. The average molecular weight is 430 g/mol. The van der Waals surface area contributed by atoms with Gasteiger partial charge in [0.25, 0.3) is 5.91 Å². The van der Waals surface area contributed by atoms with Gasteiger partial charge in [0.1, 0.15) is 0 Å². The van der Waals surface area contributed by atoms with Crippen molar-refractivity contribution in [2.75, 3.05) is 28.6 Å². The van der Waals surface area contributed by atoms with Crippen LogP contribution in [0.1, 0.15) is 34.3 Å². The second-order valence-electron chi connectivity index (χ2n) is 7.86. The van der Waals surface area contributed by atoms with Crippen LogP contribution in [0.4, 0.5) is 21.9 Å². The van der Waals surface area contributed by atoms with Crippen LogP contribution in [0.5, 0.6) is 0 Å². The third kappa shape index (κ3) is 5.24. The summed E-state index contributed by atoms with van der Waals surface area (Å²) < 4.78 is 0. The Balaban J connectivity index is 1.51. The summed E-state index contributed by atoms with van der Waals surface area (Å²) in [6.45, 7) is 4.16. The zero-order valence-corrected chi connectivity index (χ0v) is 18.1. The second-order valence-corrected chi connectivity index (χ2v) is 7.86. The number of anilines is 3. The summed E-state index contributed by atoms with van der Waals surface area (Å²) in [6.07, 6.45) is 5.65. The van der Waals surface area contributed by atoms with Crippen LogP contribution in [0.15, 0.2) is 67.0 Å². The molecular formula is C25H27N5O2. The summed E-state index contributed by atoms with van der Waals surface area (Å²) >= 11 is 0. The van der Waals surface area contributed by atoms with E-state index in [2.05, 4.69) is 25.8 Å². The molecule has 1 fully saturated rings. The molecule has 3 aromatic rings. The highest BCUT2D eigenvalue weighted by molar-refractivity contribution is 6.04. The summed E-state index contributed by atoms with van der Waals surface area (Å²) in [5.74, 6) is -0.182. The fourth-order valence-corrected chi connectivity index (χ4v) is 3.81. The number of carbonyl (C=O) groups excluding carboxylic acids is 2. The molecule has 0 atom stereocenters. The van der Waals surface area contributed by atoms with E-state index in [4.69, 9.17) is 0 Å². The van der Waals surface area contributed by atoms with E-state index in [1.165, 1.54) is 0 Å². The molecule has 0 bridgehead atoms. The molecule has 0 spiro atoms. The molecule has 4 rings (SSSR count). The molecule has 1 aromatic heterocycles. The molecule has 1 aliphatic heterocycles. The van der Waals surface area contributed by atoms with E-state index in [1.54, 1.807) is 18.5 Å². The minimum Gasteiger partial charge on any atom is -0.371 e. The van der Waals surface area contributed by atoms with Crippen LogP contribution in [0.2, 0.25) is 0 Å². The monoisotopic (exact) mass is 429 g/mol. The number of nitrogens with one attached hydrogen (secondary N) is 3. The van der Waals surface area contributed by atoms with Gasteiger partial charge >= 0.3 is 6.03 Å². The predicted molar refractivity (Wildman–Crippen MR) is 127 cm³/mol. The van der Waals surface area contributed by atoms with Gasteiger partial charge in [-0.25, -0.2) is 4.79 Å². The fourth-order valence-electron chi connectivity index (χ4n) is 3.81. The molecule has 3 N–H and O–H groups in total. The minimum absolute atomic E-state index is 0.182. The molecule has 2 aromatic carbocycles. The number of urea groups is 1. The van der Waals surface area contributed by atoms with Crippen LogP contribution in [0.3, 0.4) is 0 Å². The van der Waals surface area contributed by atoms with Crippen LogP contribution >= 0.6 is 0 Å². The van der Waals surface area contributed by atoms with E-state index in [9.17, 15) is 9.59 Å². The van der Waals surface area contributed by atoms with Gasteiger partial charge in [-0.1, -0.05) is 24.3 Å². The van der Waals surface area contributed by atoms with Gasteiger partial charge in [-0.05, 0) is 61.2 Å². The van der Waals surface area contributed by atoms with Crippen molar-refractivity contribution in [3.8, 4) is 0 Å². The van der Waals surface area contributed by atoms with Crippen molar-refractivity contribution in [3.63, 3.8) is 0 Å². The van der Waals surface area contributed by atoms with Gasteiger partial charge in [-0.2, -0.15) is 0 Å². The number of pyridine rings is 1. The first-order valence-corrected chi connectivity index (χ1v) is 10.8. The molecule has 1 saturated heterocycles. The number of hydrogen-bond acceptors (Lipinski definition) is 4. The zero-order chi connectivity index (χ0) is 22.3. The number of rotatable bonds is 6. The molecule has 7 heteroatoms. The van der Waals surface area contributed by atoms with E-state index in [-0.39, 0.29) is 11.9 Å². The van der Waals surface area contributed by atoms with Gasteiger partial charge < -0.3 is 20.9 Å². The number of benzene rings is 2. The Bertz CT molecular complexity index is 1090. The largest absolute Gasteiger partial charge is 0.371 e. The highest BCUT2D eigenvalue weighted by Gasteiger charge is 2.20. The molecule has 32 heavy (non-hydrogen) atoms. The van der Waals surface area contributed by atoms with Gasteiger partial charge in [-0.15, -0.1) is 0 Å². The summed E-state index contributed by atoms with van der Waals surface area (Å²) in [7, 11) is 0. The highest BCUT2D eigenvalue weighted by Crippen LogP contribution is 2.28. The molecular weight excluding hydrogens is 402 g/mol. The molecule has 0 unspecified atom stereocenters. The predicted octanol–water partition coefficient (Wildman–Crippen LogP) is 4.56. The molecule has 0 aliphatic carbocycles. The van der Waals surface area contributed by atoms with Gasteiger partial charge in [0.15, 0.2) is 0 Å². The van der Waals surface area contributed by atoms with Crippen molar-refractivity contribution in [2.24, 2.45) is 0 Å². The molecule has 2 heterocycles. The van der Waals surface area contributed by atoms with Crippen molar-refractivity contribution in [1.29, 1.82) is 0 Å². The first-order chi connectivity index (χ1) is 15.6. The third-order valence-corrected chi connectivity index (χ3v) is 5.51. The first kappa shape index (κ1) is 21.4. The first-order valence-electron chi connectivity index (χ1n) is 10.8. The summed E-state index contributed by atoms with van der Waals surface area (Å²) in [5.41, 5.74) is 4.64. The lowest BCUT2D eigenvalue weighted by molar-refractivity contribution is 0.0951. The standard InChI is InChI=1S/C25H27N5O2/c1-18-7-2-3-9-22(18)29-25(32)28-20-10-11-23(30-13-4-5-14-30)21(15-20)24(31)27-17-19-8-6-12-26-16-19/h2-3,6-12,15-16H,4-5,13-14,17H2,1H3,(H,27,31)(H2,28,29,32). The van der Waals surface area contributed by atoms with E-state index in [1.807, 2.05) is 55.5 Å². The van der Waals surface area contributed by atoms with Crippen LogP contribution < -0.4 is 20.9 Å². The Morgan fingerprint density at radius 2 is 1.81 bits per heavy atom. The van der Waals surface area contributed by atoms with Gasteiger partial charge in [0, 0.05) is 49.1 Å². The van der Waals surface area contributed by atoms with Crippen molar-refractivity contribution in [1.82, 2.24) is 10.3 Å². The van der Waals surface area contributed by atoms with E-state index in [0.717, 1.165) is 48.4 Å². The summed E-state index contributed by atoms with van der Waals surface area (Å²) in [4.78, 5) is 31.9. The Morgan fingerprint density at radius 1 is 1.00 bits per heavy atom. The van der Waals surface area contributed by atoms with Crippen molar-refractivity contribution in [3.05, 3.63) is 83.7 Å². The van der Waals surface area contributed by atoms with Gasteiger partial charge in [0.05, 0.1) is 5.56 Å². The fraction of sp³-hybridized carbons (Fsp3) is 0.240. The number of para-hydroxylation sites is 1. The lowest BCUT2D eigenvalue weighted by Gasteiger charge is -2.22. The number of carbonyl (C=O) groups is 2. The Kier molecular flexibility index (Phi) is 6.65.